The van der Waals surface area contributed by atoms with Crippen molar-refractivity contribution in [3.63, 3.8) is 0 Å². The first-order chi connectivity index (χ1) is 10.2. The Balaban J connectivity index is 1.95. The lowest BCUT2D eigenvalue weighted by Crippen LogP contribution is -2.53. The fraction of sp³-hybridized carbons (Fsp3) is 0.615. The number of hydrogen-bond acceptors (Lipinski definition) is 7. The number of rotatable bonds is 7. The fourth-order valence-corrected chi connectivity index (χ4v) is 2.07. The lowest BCUT2D eigenvalue weighted by molar-refractivity contribution is -0.121. The topological polar surface area (TPSA) is 103 Å². The molecule has 116 valence electrons. The molecule has 1 amide bonds. The van der Waals surface area contributed by atoms with E-state index in [4.69, 9.17) is 15.2 Å². The highest BCUT2D eigenvalue weighted by atomic mass is 16.5. The summed E-state index contributed by atoms with van der Waals surface area (Å²) < 4.78 is 10.2. The molecule has 1 aromatic heterocycles. The maximum atomic E-state index is 11.4. The van der Waals surface area contributed by atoms with Gasteiger partial charge in [-0.3, -0.25) is 4.79 Å². The maximum Gasteiger partial charge on any atom is 0.242 e. The summed E-state index contributed by atoms with van der Waals surface area (Å²) in [7, 11) is 1.66. The summed E-state index contributed by atoms with van der Waals surface area (Å²) in [5.74, 6) is 0.0753. The van der Waals surface area contributed by atoms with Crippen molar-refractivity contribution in [1.82, 2.24) is 15.3 Å². The predicted octanol–water partition coefficient (Wildman–Crippen LogP) is -1.10. The van der Waals surface area contributed by atoms with Crippen molar-refractivity contribution < 1.29 is 14.3 Å². The van der Waals surface area contributed by atoms with E-state index in [-0.39, 0.29) is 6.61 Å². The Labute approximate surface area is 123 Å². The van der Waals surface area contributed by atoms with E-state index in [2.05, 4.69) is 15.3 Å². The molecule has 1 unspecified atom stereocenters. The van der Waals surface area contributed by atoms with Gasteiger partial charge in [-0.1, -0.05) is 0 Å². The third-order valence-corrected chi connectivity index (χ3v) is 3.22. The number of methoxy groups -OCH3 is 1. The number of primary amides is 1. The fourth-order valence-electron chi connectivity index (χ4n) is 2.07. The molecule has 2 rings (SSSR count). The summed E-state index contributed by atoms with van der Waals surface area (Å²) in [5.41, 5.74) is 6.35. The highest BCUT2D eigenvalue weighted by molar-refractivity contribution is 5.83. The van der Waals surface area contributed by atoms with Crippen molar-refractivity contribution >= 4 is 11.9 Å². The van der Waals surface area contributed by atoms with Crippen LogP contribution in [0.4, 0.5) is 5.95 Å². The van der Waals surface area contributed by atoms with Gasteiger partial charge in [-0.25, -0.2) is 9.97 Å². The minimum atomic E-state index is -0.510. The molecule has 8 heteroatoms. The van der Waals surface area contributed by atoms with E-state index in [1.54, 1.807) is 24.4 Å². The molecule has 2 heterocycles. The second kappa shape index (κ2) is 7.87. The van der Waals surface area contributed by atoms with E-state index < -0.39 is 11.9 Å². The van der Waals surface area contributed by atoms with Crippen molar-refractivity contribution in [2.24, 2.45) is 5.73 Å². The first-order valence-corrected chi connectivity index (χ1v) is 6.86. The Morgan fingerprint density at radius 2 is 2.33 bits per heavy atom. The number of hydrogen-bond donors (Lipinski definition) is 2. The van der Waals surface area contributed by atoms with Crippen molar-refractivity contribution in [3.8, 4) is 0 Å². The SMILES string of the molecule is COCCNCc1cnc(N2CCOCC2C(N)=O)nc1. The van der Waals surface area contributed by atoms with E-state index in [1.165, 1.54) is 0 Å². The molecule has 1 aliphatic heterocycles. The summed E-state index contributed by atoms with van der Waals surface area (Å²) in [6.07, 6.45) is 3.49. The van der Waals surface area contributed by atoms with Gasteiger partial charge in [0.25, 0.3) is 0 Å². The molecule has 1 fully saturated rings. The summed E-state index contributed by atoms with van der Waals surface area (Å²) >= 11 is 0. The van der Waals surface area contributed by atoms with Crippen LogP contribution >= 0.6 is 0 Å². The monoisotopic (exact) mass is 295 g/mol. The van der Waals surface area contributed by atoms with Gasteiger partial charge < -0.3 is 25.4 Å². The predicted molar refractivity (Wildman–Crippen MR) is 76.8 cm³/mol. The van der Waals surface area contributed by atoms with E-state index in [0.29, 0.717) is 32.3 Å². The van der Waals surface area contributed by atoms with Gasteiger partial charge in [-0.05, 0) is 0 Å². The van der Waals surface area contributed by atoms with Crippen LogP contribution in [0.15, 0.2) is 12.4 Å². The Kier molecular flexibility index (Phi) is 5.85. The highest BCUT2D eigenvalue weighted by Crippen LogP contribution is 2.14. The van der Waals surface area contributed by atoms with Gasteiger partial charge in [0, 0.05) is 44.7 Å². The molecular weight excluding hydrogens is 274 g/mol. The number of anilines is 1. The molecule has 0 bridgehead atoms. The number of nitrogens with zero attached hydrogens (tertiary/aromatic N) is 3. The highest BCUT2D eigenvalue weighted by Gasteiger charge is 2.29. The Hall–Kier alpha value is -1.77. The van der Waals surface area contributed by atoms with Gasteiger partial charge in [-0.15, -0.1) is 0 Å². The molecule has 1 atom stereocenters. The summed E-state index contributed by atoms with van der Waals surface area (Å²) in [4.78, 5) is 21.8. The number of nitrogens with two attached hydrogens (primary N) is 1. The molecule has 0 saturated carbocycles. The minimum Gasteiger partial charge on any atom is -0.383 e. The lowest BCUT2D eigenvalue weighted by atomic mass is 10.2. The molecule has 3 N–H and O–H groups in total. The van der Waals surface area contributed by atoms with Crippen LogP contribution < -0.4 is 16.0 Å². The molecule has 0 aromatic carbocycles. The molecule has 1 aromatic rings. The third kappa shape index (κ3) is 4.35. The van der Waals surface area contributed by atoms with E-state index in [1.807, 2.05) is 0 Å². The lowest BCUT2D eigenvalue weighted by Gasteiger charge is -2.33. The number of nitrogens with one attached hydrogen (secondary N) is 1. The van der Waals surface area contributed by atoms with Gasteiger partial charge in [-0.2, -0.15) is 0 Å². The average Bonchev–Trinajstić information content (AvgIpc) is 2.52. The number of carbonyl (C=O) groups excluding carboxylic acids is 1. The van der Waals surface area contributed by atoms with Crippen LogP contribution in [-0.4, -0.2) is 61.9 Å². The molecule has 0 radical (unpaired) electrons. The molecule has 21 heavy (non-hydrogen) atoms. The van der Waals surface area contributed by atoms with Crippen molar-refractivity contribution in [3.05, 3.63) is 18.0 Å². The zero-order valence-corrected chi connectivity index (χ0v) is 12.1. The third-order valence-electron chi connectivity index (χ3n) is 3.22. The van der Waals surface area contributed by atoms with Crippen molar-refractivity contribution in [1.29, 1.82) is 0 Å². The van der Waals surface area contributed by atoms with Crippen LogP contribution in [0.1, 0.15) is 5.56 Å². The smallest absolute Gasteiger partial charge is 0.242 e. The van der Waals surface area contributed by atoms with Crippen LogP contribution in [0.5, 0.6) is 0 Å². The van der Waals surface area contributed by atoms with E-state index in [9.17, 15) is 4.79 Å². The largest absolute Gasteiger partial charge is 0.383 e. The number of ether oxygens (including phenoxy) is 2. The van der Waals surface area contributed by atoms with E-state index in [0.717, 1.165) is 12.1 Å². The van der Waals surface area contributed by atoms with E-state index >= 15 is 0 Å². The quantitative estimate of drug-likeness (QED) is 0.616. The normalized spacial score (nSPS) is 18.7. The van der Waals surface area contributed by atoms with Crippen molar-refractivity contribution in [2.75, 3.05) is 44.9 Å². The zero-order valence-electron chi connectivity index (χ0n) is 12.1. The van der Waals surface area contributed by atoms with Gasteiger partial charge in [0.1, 0.15) is 6.04 Å². The Morgan fingerprint density at radius 3 is 3.00 bits per heavy atom. The van der Waals surface area contributed by atoms with Crippen LogP contribution in [0.2, 0.25) is 0 Å². The Morgan fingerprint density at radius 1 is 1.57 bits per heavy atom. The second-order valence-corrected chi connectivity index (χ2v) is 4.75. The van der Waals surface area contributed by atoms with Crippen LogP contribution in [-0.2, 0) is 20.8 Å². The zero-order chi connectivity index (χ0) is 15.1. The molecular formula is C13H21N5O3. The Bertz CT molecular complexity index is 454. The van der Waals surface area contributed by atoms with Gasteiger partial charge in [0.05, 0.1) is 19.8 Å². The first-order valence-electron chi connectivity index (χ1n) is 6.86. The second-order valence-electron chi connectivity index (χ2n) is 4.75. The summed E-state index contributed by atoms with van der Waals surface area (Å²) in [5, 5.41) is 3.22. The van der Waals surface area contributed by atoms with Crippen LogP contribution in [0, 0.1) is 0 Å². The summed E-state index contributed by atoms with van der Waals surface area (Å²) in [6, 6.07) is -0.510. The number of carbonyl (C=O) groups is 1. The minimum absolute atomic E-state index is 0.277. The molecule has 1 saturated heterocycles. The number of morpholine rings is 1. The van der Waals surface area contributed by atoms with Gasteiger partial charge in [0.15, 0.2) is 0 Å². The van der Waals surface area contributed by atoms with Crippen molar-refractivity contribution in [2.45, 2.75) is 12.6 Å². The molecule has 0 spiro atoms. The first kappa shape index (κ1) is 15.6. The average molecular weight is 295 g/mol. The standard InChI is InChI=1S/C13H21N5O3/c1-20-4-2-15-6-10-7-16-13(17-8-10)18-3-5-21-9-11(18)12(14)19/h7-8,11,15H,2-6,9H2,1H3,(H2,14,19). The van der Waals surface area contributed by atoms with Crippen LogP contribution in [0.25, 0.3) is 0 Å². The van der Waals surface area contributed by atoms with Gasteiger partial charge >= 0.3 is 0 Å². The molecule has 1 aliphatic rings. The number of amides is 1. The number of aromatic nitrogens is 2. The molecule has 8 nitrogen and oxygen atoms in total. The van der Waals surface area contributed by atoms with Gasteiger partial charge in [0.2, 0.25) is 11.9 Å². The summed E-state index contributed by atoms with van der Waals surface area (Å²) in [6.45, 7) is 3.47. The maximum absolute atomic E-state index is 11.4. The molecule has 0 aliphatic carbocycles. The van der Waals surface area contributed by atoms with Crippen LogP contribution in [0.3, 0.4) is 0 Å².